The van der Waals surface area contributed by atoms with E-state index in [1.165, 1.54) is 0 Å². The molecule has 5 heteroatoms. The molecule has 0 radical (unpaired) electrons. The molecule has 2 N–H and O–H groups in total. The van der Waals surface area contributed by atoms with Gasteiger partial charge in [-0.1, -0.05) is 6.92 Å². The third kappa shape index (κ3) is 2.18. The molecule has 0 aliphatic carbocycles. The minimum Gasteiger partial charge on any atom is -0.480 e. The van der Waals surface area contributed by atoms with Gasteiger partial charge in [-0.2, -0.15) is 11.8 Å². The van der Waals surface area contributed by atoms with E-state index in [2.05, 4.69) is 12.2 Å². The second-order valence-corrected chi connectivity index (χ2v) is 5.00. The Morgan fingerprint density at radius 3 is 3.13 bits per heavy atom. The summed E-state index contributed by atoms with van der Waals surface area (Å²) in [4.78, 5) is 10.9. The maximum absolute atomic E-state index is 10.9. The van der Waals surface area contributed by atoms with Crippen LogP contribution < -0.4 is 5.32 Å². The van der Waals surface area contributed by atoms with Crippen LogP contribution in [0.4, 0.5) is 0 Å². The van der Waals surface area contributed by atoms with Gasteiger partial charge in [0.05, 0.1) is 12.3 Å². The van der Waals surface area contributed by atoms with Crippen molar-refractivity contribution in [1.82, 2.24) is 5.32 Å². The van der Waals surface area contributed by atoms with Crippen LogP contribution in [0, 0.1) is 0 Å². The molecule has 0 bridgehead atoms. The zero-order valence-corrected chi connectivity index (χ0v) is 9.16. The van der Waals surface area contributed by atoms with E-state index in [1.807, 2.05) is 12.1 Å². The van der Waals surface area contributed by atoms with Gasteiger partial charge in [0, 0.05) is 11.0 Å². The highest BCUT2D eigenvalue weighted by atomic mass is 32.2. The van der Waals surface area contributed by atoms with Crippen molar-refractivity contribution >= 4 is 17.7 Å². The van der Waals surface area contributed by atoms with Crippen molar-refractivity contribution in [2.24, 2.45) is 0 Å². The van der Waals surface area contributed by atoms with Gasteiger partial charge in [0.1, 0.15) is 11.8 Å². The highest BCUT2D eigenvalue weighted by Gasteiger charge is 2.33. The van der Waals surface area contributed by atoms with Gasteiger partial charge in [0.2, 0.25) is 0 Å². The molecular weight excluding hydrogens is 214 g/mol. The molecule has 0 saturated carbocycles. The van der Waals surface area contributed by atoms with Gasteiger partial charge in [-0.05, 0) is 12.1 Å². The monoisotopic (exact) mass is 227 g/mol. The Bertz CT molecular complexity index is 338. The second-order valence-electron chi connectivity index (χ2n) is 3.59. The van der Waals surface area contributed by atoms with Crippen molar-refractivity contribution in [3.8, 4) is 0 Å². The minimum atomic E-state index is -0.800. The predicted molar refractivity (Wildman–Crippen MR) is 57.9 cm³/mol. The zero-order valence-electron chi connectivity index (χ0n) is 8.34. The Morgan fingerprint density at radius 2 is 2.53 bits per heavy atom. The lowest BCUT2D eigenvalue weighted by molar-refractivity contribution is -0.139. The number of nitrogens with one attached hydrogen (secondary N) is 1. The summed E-state index contributed by atoms with van der Waals surface area (Å²) < 4.78 is 5.30. The van der Waals surface area contributed by atoms with Crippen molar-refractivity contribution in [1.29, 1.82) is 0 Å². The first-order valence-corrected chi connectivity index (χ1v) is 5.87. The molecule has 1 aliphatic rings. The smallest absolute Gasteiger partial charge is 0.321 e. The van der Waals surface area contributed by atoms with Crippen LogP contribution in [0.2, 0.25) is 0 Å². The minimum absolute atomic E-state index is 0.0140. The Labute approximate surface area is 92.0 Å². The van der Waals surface area contributed by atoms with E-state index in [0.717, 1.165) is 5.76 Å². The average molecular weight is 227 g/mol. The summed E-state index contributed by atoms with van der Waals surface area (Å²) in [6, 6.07) is 3.19. The highest BCUT2D eigenvalue weighted by Crippen LogP contribution is 2.31. The summed E-state index contributed by atoms with van der Waals surface area (Å²) in [5, 5.41) is 12.3. The van der Waals surface area contributed by atoms with Crippen molar-refractivity contribution in [2.75, 3.05) is 5.75 Å². The number of carboxylic acids is 1. The molecule has 0 aromatic carbocycles. The summed E-state index contributed by atoms with van der Waals surface area (Å²) in [5.41, 5.74) is 0. The molecule has 1 aromatic rings. The number of aliphatic carboxylic acids is 1. The Kier molecular flexibility index (Phi) is 3.02. The summed E-state index contributed by atoms with van der Waals surface area (Å²) in [6.45, 7) is 2.07. The van der Waals surface area contributed by atoms with Gasteiger partial charge in [-0.3, -0.25) is 10.1 Å². The number of furan rings is 1. The Balaban J connectivity index is 2.12. The Hall–Kier alpha value is -0.940. The van der Waals surface area contributed by atoms with Crippen LogP contribution in [0.15, 0.2) is 22.8 Å². The fourth-order valence-corrected chi connectivity index (χ4v) is 2.81. The van der Waals surface area contributed by atoms with Crippen LogP contribution in [0.5, 0.6) is 0 Å². The van der Waals surface area contributed by atoms with Crippen molar-refractivity contribution in [2.45, 2.75) is 24.3 Å². The molecule has 0 spiro atoms. The van der Waals surface area contributed by atoms with Crippen LogP contribution in [0.25, 0.3) is 0 Å². The molecule has 1 aliphatic heterocycles. The first kappa shape index (κ1) is 10.6. The topological polar surface area (TPSA) is 62.5 Å². The van der Waals surface area contributed by atoms with Crippen LogP contribution >= 0.6 is 11.8 Å². The fourth-order valence-electron chi connectivity index (χ4n) is 1.67. The highest BCUT2D eigenvalue weighted by molar-refractivity contribution is 8.00. The molecule has 15 heavy (non-hydrogen) atoms. The van der Waals surface area contributed by atoms with Gasteiger partial charge >= 0.3 is 5.97 Å². The van der Waals surface area contributed by atoms with Gasteiger partial charge in [0.15, 0.2) is 0 Å². The number of carbonyl (C=O) groups is 1. The molecule has 2 rings (SSSR count). The molecule has 3 unspecified atom stereocenters. The van der Waals surface area contributed by atoms with E-state index < -0.39 is 12.0 Å². The van der Waals surface area contributed by atoms with E-state index in [9.17, 15) is 4.79 Å². The van der Waals surface area contributed by atoms with E-state index in [4.69, 9.17) is 9.52 Å². The first-order chi connectivity index (χ1) is 7.18. The zero-order chi connectivity index (χ0) is 10.8. The fraction of sp³-hybridized carbons (Fsp3) is 0.500. The number of hydrogen-bond donors (Lipinski definition) is 2. The molecule has 1 fully saturated rings. The SMILES string of the molecule is CC1SCC(C(=O)O)NC1c1ccco1. The van der Waals surface area contributed by atoms with E-state index >= 15 is 0 Å². The van der Waals surface area contributed by atoms with E-state index in [-0.39, 0.29) is 6.04 Å². The molecular formula is C10H13NO3S. The molecule has 1 saturated heterocycles. The predicted octanol–water partition coefficient (Wildman–Crippen LogP) is 1.50. The molecule has 3 atom stereocenters. The average Bonchev–Trinajstić information content (AvgIpc) is 2.71. The largest absolute Gasteiger partial charge is 0.480 e. The van der Waals surface area contributed by atoms with Gasteiger partial charge in [-0.25, -0.2) is 0 Å². The van der Waals surface area contributed by atoms with Crippen molar-refractivity contribution in [3.63, 3.8) is 0 Å². The third-order valence-corrected chi connectivity index (χ3v) is 3.85. The molecule has 4 nitrogen and oxygen atoms in total. The molecule has 2 heterocycles. The number of carboxylic acid groups (broad SMARTS) is 1. The number of thioether (sulfide) groups is 1. The molecule has 1 aromatic heterocycles. The summed E-state index contributed by atoms with van der Waals surface area (Å²) >= 11 is 1.66. The van der Waals surface area contributed by atoms with E-state index in [0.29, 0.717) is 11.0 Å². The lowest BCUT2D eigenvalue weighted by atomic mass is 10.1. The quantitative estimate of drug-likeness (QED) is 0.801. The van der Waals surface area contributed by atoms with Crippen molar-refractivity contribution in [3.05, 3.63) is 24.2 Å². The first-order valence-electron chi connectivity index (χ1n) is 4.82. The second kappa shape index (κ2) is 4.28. The molecule has 82 valence electrons. The van der Waals surface area contributed by atoms with Gasteiger partial charge in [-0.15, -0.1) is 0 Å². The van der Waals surface area contributed by atoms with E-state index in [1.54, 1.807) is 18.0 Å². The summed E-state index contributed by atoms with van der Waals surface area (Å²) in [6.07, 6.45) is 1.61. The standard InChI is InChI=1S/C10H13NO3S/c1-6-9(8-3-2-4-14-8)11-7(5-15-6)10(12)13/h2-4,6-7,9,11H,5H2,1H3,(H,12,13). The van der Waals surface area contributed by atoms with Crippen molar-refractivity contribution < 1.29 is 14.3 Å². The van der Waals surface area contributed by atoms with Gasteiger partial charge in [0.25, 0.3) is 0 Å². The molecule has 0 amide bonds. The normalized spacial score (nSPS) is 31.4. The van der Waals surface area contributed by atoms with Crippen LogP contribution in [-0.4, -0.2) is 28.1 Å². The van der Waals surface area contributed by atoms with Crippen LogP contribution in [0.1, 0.15) is 18.7 Å². The summed E-state index contributed by atoms with van der Waals surface area (Å²) in [7, 11) is 0. The number of hydrogen-bond acceptors (Lipinski definition) is 4. The summed E-state index contributed by atoms with van der Waals surface area (Å²) in [5.74, 6) is 0.611. The maximum Gasteiger partial charge on any atom is 0.321 e. The lowest BCUT2D eigenvalue weighted by Gasteiger charge is -2.32. The van der Waals surface area contributed by atoms with Crippen LogP contribution in [0.3, 0.4) is 0 Å². The lowest BCUT2D eigenvalue weighted by Crippen LogP contribution is -2.47. The van der Waals surface area contributed by atoms with Gasteiger partial charge < -0.3 is 9.52 Å². The number of rotatable bonds is 2. The van der Waals surface area contributed by atoms with Crippen LogP contribution in [-0.2, 0) is 4.79 Å². The Morgan fingerprint density at radius 1 is 1.73 bits per heavy atom. The maximum atomic E-state index is 10.9. The third-order valence-electron chi connectivity index (χ3n) is 2.52.